The van der Waals surface area contributed by atoms with Crippen molar-refractivity contribution in [2.24, 2.45) is 0 Å². The van der Waals surface area contributed by atoms with E-state index in [-0.39, 0.29) is 0 Å². The molecule has 2 heterocycles. The van der Waals surface area contributed by atoms with E-state index in [1.165, 1.54) is 0 Å². The number of hydrogen-bond donors (Lipinski definition) is 0. The molecule has 0 N–H and O–H groups in total. The molecule has 84 valence electrons. The molecule has 4 heteroatoms. The summed E-state index contributed by atoms with van der Waals surface area (Å²) < 4.78 is 10.7. The fraction of sp³-hybridized carbons (Fsp3) is 0.333. The first-order chi connectivity index (χ1) is 7.90. The minimum atomic E-state index is 0.577. The van der Waals surface area contributed by atoms with Crippen LogP contribution in [-0.4, -0.2) is 16.6 Å². The Kier molecular flexibility index (Phi) is 3.53. The van der Waals surface area contributed by atoms with Crippen LogP contribution in [0.15, 0.2) is 35.2 Å². The zero-order valence-corrected chi connectivity index (χ0v) is 9.22. The molecule has 2 aromatic rings. The Hall–Kier alpha value is -1.84. The number of nitrogens with zero attached hydrogens (tertiary/aromatic N) is 2. The van der Waals surface area contributed by atoms with Crippen molar-refractivity contribution >= 4 is 0 Å². The maximum Gasteiger partial charge on any atom is 0.195 e. The van der Waals surface area contributed by atoms with E-state index >= 15 is 0 Å². The zero-order chi connectivity index (χ0) is 11.2. The fourth-order valence-electron chi connectivity index (χ4n) is 1.26. The lowest BCUT2D eigenvalue weighted by atomic mass is 10.4. The van der Waals surface area contributed by atoms with Gasteiger partial charge in [-0.1, -0.05) is 13.3 Å². The van der Waals surface area contributed by atoms with Gasteiger partial charge in [0.1, 0.15) is 0 Å². The van der Waals surface area contributed by atoms with Gasteiger partial charge in [-0.15, -0.1) is 0 Å². The van der Waals surface area contributed by atoms with Gasteiger partial charge in [0, 0.05) is 0 Å². The summed E-state index contributed by atoms with van der Waals surface area (Å²) in [5.74, 6) is 1.94. The monoisotopic (exact) mass is 218 g/mol. The van der Waals surface area contributed by atoms with Crippen LogP contribution in [-0.2, 0) is 0 Å². The summed E-state index contributed by atoms with van der Waals surface area (Å²) in [7, 11) is 0. The number of rotatable bonds is 5. The molecule has 0 aliphatic heterocycles. The topological polar surface area (TPSA) is 48.2 Å². The second kappa shape index (κ2) is 5.30. The average molecular weight is 218 g/mol. The van der Waals surface area contributed by atoms with Gasteiger partial charge in [-0.05, 0) is 18.6 Å². The Morgan fingerprint density at radius 2 is 2.12 bits per heavy atom. The first kappa shape index (κ1) is 10.7. The summed E-state index contributed by atoms with van der Waals surface area (Å²) in [5.41, 5.74) is 0. The van der Waals surface area contributed by atoms with Crippen LogP contribution >= 0.6 is 0 Å². The van der Waals surface area contributed by atoms with E-state index in [0.29, 0.717) is 23.9 Å². The van der Waals surface area contributed by atoms with Crippen LogP contribution < -0.4 is 4.74 Å². The van der Waals surface area contributed by atoms with Crippen molar-refractivity contribution in [2.75, 3.05) is 6.61 Å². The molecule has 0 bridgehead atoms. The van der Waals surface area contributed by atoms with Crippen molar-refractivity contribution in [1.29, 1.82) is 0 Å². The number of unbranched alkanes of at least 4 members (excludes halogenated alkanes) is 1. The van der Waals surface area contributed by atoms with Gasteiger partial charge in [-0.2, -0.15) is 0 Å². The van der Waals surface area contributed by atoms with Gasteiger partial charge in [0.2, 0.25) is 0 Å². The second-order valence-corrected chi connectivity index (χ2v) is 3.42. The minimum Gasteiger partial charge on any atom is -0.490 e. The molecular weight excluding hydrogens is 204 g/mol. The minimum absolute atomic E-state index is 0.577. The van der Waals surface area contributed by atoms with Gasteiger partial charge in [0.15, 0.2) is 17.3 Å². The number of furan rings is 1. The van der Waals surface area contributed by atoms with E-state index in [1.807, 2.05) is 12.1 Å². The van der Waals surface area contributed by atoms with Gasteiger partial charge < -0.3 is 9.15 Å². The van der Waals surface area contributed by atoms with Gasteiger partial charge in [0.25, 0.3) is 0 Å². The van der Waals surface area contributed by atoms with Gasteiger partial charge in [-0.3, -0.25) is 0 Å². The molecule has 2 aromatic heterocycles. The summed E-state index contributed by atoms with van der Waals surface area (Å²) in [6.07, 6.45) is 7.09. The average Bonchev–Trinajstić information content (AvgIpc) is 2.84. The van der Waals surface area contributed by atoms with Gasteiger partial charge >= 0.3 is 0 Å². The van der Waals surface area contributed by atoms with E-state index < -0.39 is 0 Å². The van der Waals surface area contributed by atoms with Crippen LogP contribution in [0.2, 0.25) is 0 Å². The smallest absolute Gasteiger partial charge is 0.195 e. The summed E-state index contributed by atoms with van der Waals surface area (Å²) in [6.45, 7) is 2.83. The standard InChI is InChI=1S/C12H14N2O2/c1-2-3-6-15-10-8-13-12(14-9-10)11-5-4-7-16-11/h4-5,7-9H,2-3,6H2,1H3. The molecule has 0 saturated carbocycles. The first-order valence-electron chi connectivity index (χ1n) is 5.39. The molecule has 0 fully saturated rings. The van der Waals surface area contributed by atoms with Crippen LogP contribution in [0.3, 0.4) is 0 Å². The quantitative estimate of drug-likeness (QED) is 0.724. The van der Waals surface area contributed by atoms with Gasteiger partial charge in [-0.25, -0.2) is 9.97 Å². The summed E-state index contributed by atoms with van der Waals surface area (Å²) in [4.78, 5) is 8.34. The third-order valence-electron chi connectivity index (χ3n) is 2.14. The number of ether oxygens (including phenoxy) is 1. The first-order valence-corrected chi connectivity index (χ1v) is 5.39. The highest BCUT2D eigenvalue weighted by Crippen LogP contribution is 2.16. The third-order valence-corrected chi connectivity index (χ3v) is 2.14. The van der Waals surface area contributed by atoms with E-state index in [1.54, 1.807) is 18.7 Å². The molecule has 0 atom stereocenters. The Bertz CT molecular complexity index is 409. The highest BCUT2D eigenvalue weighted by Gasteiger charge is 2.03. The Morgan fingerprint density at radius 1 is 1.31 bits per heavy atom. The van der Waals surface area contributed by atoms with E-state index in [4.69, 9.17) is 9.15 Å². The van der Waals surface area contributed by atoms with Crippen molar-refractivity contribution in [3.05, 3.63) is 30.8 Å². The number of hydrogen-bond acceptors (Lipinski definition) is 4. The largest absolute Gasteiger partial charge is 0.490 e. The molecule has 4 nitrogen and oxygen atoms in total. The predicted octanol–water partition coefficient (Wildman–Crippen LogP) is 2.92. The molecule has 0 amide bonds. The fourth-order valence-corrected chi connectivity index (χ4v) is 1.26. The molecule has 0 unspecified atom stereocenters. The highest BCUT2D eigenvalue weighted by molar-refractivity contribution is 5.45. The summed E-state index contributed by atoms with van der Waals surface area (Å²) in [6, 6.07) is 3.64. The van der Waals surface area contributed by atoms with Crippen molar-refractivity contribution in [2.45, 2.75) is 19.8 Å². The Balaban J connectivity index is 2.00. The molecule has 0 aromatic carbocycles. The molecule has 0 saturated heterocycles. The van der Waals surface area contributed by atoms with Crippen LogP contribution in [0, 0.1) is 0 Å². The van der Waals surface area contributed by atoms with Crippen LogP contribution in [0.4, 0.5) is 0 Å². The highest BCUT2D eigenvalue weighted by atomic mass is 16.5. The zero-order valence-electron chi connectivity index (χ0n) is 9.22. The van der Waals surface area contributed by atoms with Crippen molar-refractivity contribution < 1.29 is 9.15 Å². The second-order valence-electron chi connectivity index (χ2n) is 3.42. The molecule has 2 rings (SSSR count). The van der Waals surface area contributed by atoms with E-state index in [0.717, 1.165) is 12.8 Å². The van der Waals surface area contributed by atoms with Crippen molar-refractivity contribution in [3.8, 4) is 17.3 Å². The molecule has 0 aliphatic rings. The SMILES string of the molecule is CCCCOc1cnc(-c2ccco2)nc1. The van der Waals surface area contributed by atoms with E-state index in [2.05, 4.69) is 16.9 Å². The lowest BCUT2D eigenvalue weighted by Crippen LogP contribution is -1.98. The lowest BCUT2D eigenvalue weighted by molar-refractivity contribution is 0.307. The van der Waals surface area contributed by atoms with E-state index in [9.17, 15) is 0 Å². The Morgan fingerprint density at radius 3 is 2.75 bits per heavy atom. The molecule has 0 radical (unpaired) electrons. The summed E-state index contributed by atoms with van der Waals surface area (Å²) >= 11 is 0. The lowest BCUT2D eigenvalue weighted by Gasteiger charge is -2.03. The van der Waals surface area contributed by atoms with Crippen LogP contribution in [0.5, 0.6) is 5.75 Å². The molecule has 0 aliphatic carbocycles. The van der Waals surface area contributed by atoms with Crippen molar-refractivity contribution in [1.82, 2.24) is 9.97 Å². The van der Waals surface area contributed by atoms with Crippen LogP contribution in [0.1, 0.15) is 19.8 Å². The predicted molar refractivity (Wildman–Crippen MR) is 60.1 cm³/mol. The third kappa shape index (κ3) is 2.59. The Labute approximate surface area is 94.3 Å². The molecule has 0 spiro atoms. The summed E-state index contributed by atoms with van der Waals surface area (Å²) in [5, 5.41) is 0. The number of aromatic nitrogens is 2. The molecule has 16 heavy (non-hydrogen) atoms. The van der Waals surface area contributed by atoms with Crippen LogP contribution in [0.25, 0.3) is 11.6 Å². The van der Waals surface area contributed by atoms with Crippen molar-refractivity contribution in [3.63, 3.8) is 0 Å². The normalized spacial score (nSPS) is 10.3. The maximum absolute atomic E-state index is 5.46. The van der Waals surface area contributed by atoms with Gasteiger partial charge in [0.05, 0.1) is 25.3 Å². The maximum atomic E-state index is 5.46. The molecular formula is C12H14N2O2.